The van der Waals surface area contributed by atoms with E-state index < -0.39 is 8.07 Å². The van der Waals surface area contributed by atoms with Crippen molar-refractivity contribution in [3.8, 4) is 17.2 Å². The summed E-state index contributed by atoms with van der Waals surface area (Å²) >= 11 is 0. The van der Waals surface area contributed by atoms with Crippen molar-refractivity contribution >= 4 is 8.07 Å². The number of ether oxygens (including phenoxy) is 1. The predicted molar refractivity (Wildman–Crippen MR) is 72.4 cm³/mol. The Morgan fingerprint density at radius 2 is 1.88 bits per heavy atom. The predicted octanol–water partition coefficient (Wildman–Crippen LogP) is 3.70. The zero-order chi connectivity index (χ0) is 12.2. The topological polar surface area (TPSA) is 9.23 Å². The van der Waals surface area contributed by atoms with Crippen LogP contribution in [0.4, 0.5) is 0 Å². The minimum Gasteiger partial charge on any atom is -0.491 e. The van der Waals surface area contributed by atoms with Gasteiger partial charge in [-0.05, 0) is 32.0 Å². The molecule has 2 heteroatoms. The average Bonchev–Trinajstić information content (AvgIpc) is 2.13. The first-order valence-corrected chi connectivity index (χ1v) is 9.17. The second kappa shape index (κ2) is 5.22. The van der Waals surface area contributed by atoms with Crippen molar-refractivity contribution in [3.05, 3.63) is 29.8 Å². The quantitative estimate of drug-likeness (QED) is 0.558. The van der Waals surface area contributed by atoms with Crippen LogP contribution in [0.3, 0.4) is 0 Å². The lowest BCUT2D eigenvalue weighted by Crippen LogP contribution is -2.16. The Bertz CT molecular complexity index is 405. The van der Waals surface area contributed by atoms with Gasteiger partial charge in [-0.15, -0.1) is 5.54 Å². The van der Waals surface area contributed by atoms with E-state index in [4.69, 9.17) is 4.74 Å². The molecule has 0 saturated heterocycles. The fourth-order valence-corrected chi connectivity index (χ4v) is 1.70. The molecule has 0 aliphatic rings. The van der Waals surface area contributed by atoms with Crippen LogP contribution in [0.25, 0.3) is 0 Å². The van der Waals surface area contributed by atoms with Crippen LogP contribution in [0.1, 0.15) is 19.4 Å². The van der Waals surface area contributed by atoms with E-state index in [1.54, 1.807) is 0 Å². The summed E-state index contributed by atoms with van der Waals surface area (Å²) in [6.07, 6.45) is 0.209. The summed E-state index contributed by atoms with van der Waals surface area (Å²) in [5.74, 6) is 4.13. The summed E-state index contributed by atoms with van der Waals surface area (Å²) in [5.41, 5.74) is 4.39. The van der Waals surface area contributed by atoms with E-state index in [0.29, 0.717) is 0 Å². The van der Waals surface area contributed by atoms with Gasteiger partial charge in [0.25, 0.3) is 0 Å². The normalized spacial score (nSPS) is 10.9. The lowest BCUT2D eigenvalue weighted by Gasteiger charge is -2.09. The van der Waals surface area contributed by atoms with Gasteiger partial charge in [0.15, 0.2) is 0 Å². The third-order valence-electron chi connectivity index (χ3n) is 1.79. The molecule has 0 aliphatic carbocycles. The third kappa shape index (κ3) is 5.04. The van der Waals surface area contributed by atoms with E-state index in [1.807, 2.05) is 38.1 Å². The minimum atomic E-state index is -1.29. The summed E-state index contributed by atoms with van der Waals surface area (Å²) in [6.45, 7) is 10.8. The summed E-state index contributed by atoms with van der Waals surface area (Å²) in [6, 6.07) is 8.00. The lowest BCUT2D eigenvalue weighted by atomic mass is 10.2. The van der Waals surface area contributed by atoms with Crippen molar-refractivity contribution in [3.63, 3.8) is 0 Å². The highest BCUT2D eigenvalue weighted by molar-refractivity contribution is 6.83. The Balaban J connectivity index is 2.85. The van der Waals surface area contributed by atoms with Crippen LogP contribution < -0.4 is 4.74 Å². The second-order valence-corrected chi connectivity index (χ2v) is 9.94. The monoisotopic (exact) mass is 232 g/mol. The molecular formula is C14H20OSi. The molecule has 1 nitrogen and oxygen atoms in total. The maximum atomic E-state index is 5.63. The Morgan fingerprint density at radius 3 is 2.44 bits per heavy atom. The van der Waals surface area contributed by atoms with Crippen molar-refractivity contribution in [1.82, 2.24) is 0 Å². The molecule has 0 heterocycles. The number of hydrogen-bond acceptors (Lipinski definition) is 1. The van der Waals surface area contributed by atoms with Crippen molar-refractivity contribution < 1.29 is 4.74 Å². The summed E-state index contributed by atoms with van der Waals surface area (Å²) in [7, 11) is -1.29. The molecule has 16 heavy (non-hydrogen) atoms. The maximum absolute atomic E-state index is 5.63. The highest BCUT2D eigenvalue weighted by Crippen LogP contribution is 2.14. The van der Waals surface area contributed by atoms with Crippen LogP contribution in [0.2, 0.25) is 19.6 Å². The van der Waals surface area contributed by atoms with Crippen molar-refractivity contribution in [2.45, 2.75) is 39.6 Å². The molecule has 0 fully saturated rings. The molecule has 1 rings (SSSR count). The van der Waals surface area contributed by atoms with Gasteiger partial charge in [-0.1, -0.05) is 31.6 Å². The molecule has 0 amide bonds. The molecule has 0 aliphatic heterocycles. The molecule has 1 aromatic carbocycles. The van der Waals surface area contributed by atoms with E-state index in [-0.39, 0.29) is 6.10 Å². The van der Waals surface area contributed by atoms with E-state index in [0.717, 1.165) is 11.3 Å². The van der Waals surface area contributed by atoms with E-state index in [9.17, 15) is 0 Å². The van der Waals surface area contributed by atoms with Crippen LogP contribution in [0.15, 0.2) is 24.3 Å². The van der Waals surface area contributed by atoms with Gasteiger partial charge in [0.05, 0.1) is 6.10 Å². The first-order chi connectivity index (χ1) is 7.37. The third-order valence-corrected chi connectivity index (χ3v) is 2.66. The Labute approximate surface area is 99.8 Å². The summed E-state index contributed by atoms with van der Waals surface area (Å²) in [4.78, 5) is 0. The van der Waals surface area contributed by atoms with Gasteiger partial charge in [-0.2, -0.15) is 0 Å². The first-order valence-electron chi connectivity index (χ1n) is 5.67. The molecular weight excluding hydrogens is 212 g/mol. The van der Waals surface area contributed by atoms with E-state index >= 15 is 0 Å². The van der Waals surface area contributed by atoms with Gasteiger partial charge in [-0.25, -0.2) is 0 Å². The molecule has 1 aromatic rings. The molecule has 0 bridgehead atoms. The average molecular weight is 232 g/mol. The van der Waals surface area contributed by atoms with Gasteiger partial charge in [-0.3, -0.25) is 0 Å². The van der Waals surface area contributed by atoms with Crippen LogP contribution in [-0.4, -0.2) is 14.2 Å². The fraction of sp³-hybridized carbons (Fsp3) is 0.429. The Hall–Kier alpha value is -1.20. The second-order valence-electron chi connectivity index (χ2n) is 5.19. The number of benzene rings is 1. The van der Waals surface area contributed by atoms with Gasteiger partial charge in [0.2, 0.25) is 0 Å². The van der Waals surface area contributed by atoms with Crippen LogP contribution in [-0.2, 0) is 0 Å². The molecule has 0 aromatic heterocycles. The lowest BCUT2D eigenvalue weighted by molar-refractivity contribution is 0.242. The van der Waals surface area contributed by atoms with Crippen molar-refractivity contribution in [2.24, 2.45) is 0 Å². The van der Waals surface area contributed by atoms with Gasteiger partial charge < -0.3 is 4.74 Å². The van der Waals surface area contributed by atoms with Gasteiger partial charge in [0, 0.05) is 5.56 Å². The van der Waals surface area contributed by atoms with Gasteiger partial charge in [0.1, 0.15) is 13.8 Å². The fourth-order valence-electron chi connectivity index (χ4n) is 1.18. The highest BCUT2D eigenvalue weighted by atomic mass is 28.3. The van der Waals surface area contributed by atoms with Crippen molar-refractivity contribution in [1.29, 1.82) is 0 Å². The van der Waals surface area contributed by atoms with E-state index in [2.05, 4.69) is 31.1 Å². The largest absolute Gasteiger partial charge is 0.491 e. The summed E-state index contributed by atoms with van der Waals surface area (Å²) in [5, 5.41) is 0. The zero-order valence-electron chi connectivity index (χ0n) is 10.8. The number of hydrogen-bond donors (Lipinski definition) is 0. The molecule has 0 unspecified atom stereocenters. The maximum Gasteiger partial charge on any atom is 0.129 e. The Morgan fingerprint density at radius 1 is 1.19 bits per heavy atom. The summed E-state index contributed by atoms with van der Waals surface area (Å²) < 4.78 is 5.63. The SMILES string of the molecule is CC(C)Oc1cccc(C#C[Si](C)(C)C)c1. The Kier molecular flexibility index (Phi) is 4.20. The standard InChI is InChI=1S/C14H20OSi/c1-12(2)15-14-8-6-7-13(11-14)9-10-16(3,4)5/h6-8,11-12H,1-5H3. The van der Waals surface area contributed by atoms with Crippen molar-refractivity contribution in [2.75, 3.05) is 0 Å². The molecule has 0 N–H and O–H groups in total. The molecule has 0 radical (unpaired) electrons. The number of rotatable bonds is 2. The van der Waals surface area contributed by atoms with E-state index in [1.165, 1.54) is 0 Å². The molecule has 0 saturated carbocycles. The van der Waals surface area contributed by atoms with Crippen LogP contribution in [0, 0.1) is 11.5 Å². The smallest absolute Gasteiger partial charge is 0.129 e. The minimum absolute atomic E-state index is 0.209. The van der Waals surface area contributed by atoms with Crippen LogP contribution >= 0.6 is 0 Å². The molecule has 0 spiro atoms. The van der Waals surface area contributed by atoms with Crippen LogP contribution in [0.5, 0.6) is 5.75 Å². The zero-order valence-corrected chi connectivity index (χ0v) is 11.8. The highest BCUT2D eigenvalue weighted by Gasteiger charge is 2.07. The first kappa shape index (κ1) is 12.9. The van der Waals surface area contributed by atoms with Gasteiger partial charge >= 0.3 is 0 Å². The molecule has 86 valence electrons. The molecule has 0 atom stereocenters.